The summed E-state index contributed by atoms with van der Waals surface area (Å²) in [4.78, 5) is 21.4. The minimum atomic E-state index is -4.67. The van der Waals surface area contributed by atoms with Crippen molar-refractivity contribution in [1.82, 2.24) is 14.9 Å². The zero-order valence-corrected chi connectivity index (χ0v) is 19.0. The van der Waals surface area contributed by atoms with Crippen molar-refractivity contribution in [3.05, 3.63) is 77.2 Å². The lowest BCUT2D eigenvalue weighted by Crippen LogP contribution is -2.50. The smallest absolute Gasteiger partial charge is 0.433 e. The van der Waals surface area contributed by atoms with E-state index in [1.54, 1.807) is 24.3 Å². The molecule has 2 aliphatic heterocycles. The number of imidazole rings is 1. The molecule has 10 heteroatoms. The van der Waals surface area contributed by atoms with Gasteiger partial charge in [-0.3, -0.25) is 4.90 Å². The van der Waals surface area contributed by atoms with Gasteiger partial charge in [0.2, 0.25) is 0 Å². The van der Waals surface area contributed by atoms with Crippen LogP contribution in [0.1, 0.15) is 35.1 Å². The molecule has 1 unspecified atom stereocenters. The predicted molar refractivity (Wildman–Crippen MR) is 119 cm³/mol. The Hall–Kier alpha value is -3.37. The Labute approximate surface area is 199 Å². The molecule has 1 amide bonds. The summed E-state index contributed by atoms with van der Waals surface area (Å²) in [6.07, 6.45) is -5.00. The van der Waals surface area contributed by atoms with E-state index in [0.29, 0.717) is 18.6 Å². The highest BCUT2D eigenvalue weighted by atomic mass is 19.4. The summed E-state index contributed by atoms with van der Waals surface area (Å²) in [5.41, 5.74) is -0.299. The fourth-order valence-corrected chi connectivity index (χ4v) is 4.46. The minimum Gasteiger partial charge on any atom is -0.444 e. The number of aromatic amines is 1. The van der Waals surface area contributed by atoms with Crippen molar-refractivity contribution in [1.29, 1.82) is 0 Å². The number of nitrogens with one attached hydrogen (secondary N) is 1. The lowest BCUT2D eigenvalue weighted by Gasteiger charge is -2.33. The fraction of sp³-hybridized carbons (Fsp3) is 0.360. The van der Waals surface area contributed by atoms with E-state index in [4.69, 9.17) is 14.2 Å². The number of hydrogen-bond acceptors (Lipinski definition) is 5. The molecule has 0 saturated carbocycles. The molecule has 3 heterocycles. The van der Waals surface area contributed by atoms with Gasteiger partial charge in [-0.05, 0) is 12.5 Å². The average Bonchev–Trinajstić information content (AvgIpc) is 3.58. The van der Waals surface area contributed by atoms with Gasteiger partial charge in [-0.25, -0.2) is 9.78 Å². The molecule has 2 fully saturated rings. The van der Waals surface area contributed by atoms with Crippen molar-refractivity contribution in [3.8, 4) is 11.3 Å². The molecule has 35 heavy (non-hydrogen) atoms. The van der Waals surface area contributed by atoms with Crippen molar-refractivity contribution < 1.29 is 32.2 Å². The number of aryl methyl sites for hydroxylation is 1. The number of ether oxygens (including phenoxy) is 3. The molecule has 1 aromatic heterocycles. The zero-order valence-electron chi connectivity index (χ0n) is 19.0. The minimum absolute atomic E-state index is 0.0143. The lowest BCUT2D eigenvalue weighted by molar-refractivity contribution is -0.140. The summed E-state index contributed by atoms with van der Waals surface area (Å²) in [5, 5.41) is 0. The van der Waals surface area contributed by atoms with Crippen LogP contribution in [0, 0.1) is 6.92 Å². The summed E-state index contributed by atoms with van der Waals surface area (Å²) >= 11 is 0. The van der Waals surface area contributed by atoms with Crippen LogP contribution in [0.4, 0.5) is 18.0 Å². The molecule has 2 atom stereocenters. The average molecular weight is 487 g/mol. The molecule has 5 rings (SSSR count). The highest BCUT2D eigenvalue weighted by molar-refractivity contribution is 5.70. The first-order chi connectivity index (χ1) is 16.8. The van der Waals surface area contributed by atoms with Gasteiger partial charge in [0.1, 0.15) is 29.9 Å². The summed E-state index contributed by atoms with van der Waals surface area (Å²) in [7, 11) is 0. The van der Waals surface area contributed by atoms with Gasteiger partial charge in [-0.1, -0.05) is 60.2 Å². The number of rotatable bonds is 4. The van der Waals surface area contributed by atoms with Crippen LogP contribution in [0.3, 0.4) is 0 Å². The van der Waals surface area contributed by atoms with Gasteiger partial charge in [0, 0.05) is 12.0 Å². The Bertz CT molecular complexity index is 1190. The van der Waals surface area contributed by atoms with Crippen LogP contribution in [-0.4, -0.2) is 46.5 Å². The van der Waals surface area contributed by atoms with Crippen LogP contribution in [0.5, 0.6) is 0 Å². The third-order valence-corrected chi connectivity index (χ3v) is 6.27. The molecule has 0 aliphatic carbocycles. The third kappa shape index (κ3) is 4.51. The number of hydrogen-bond donors (Lipinski definition) is 1. The largest absolute Gasteiger partial charge is 0.444 e. The topological polar surface area (TPSA) is 76.7 Å². The van der Waals surface area contributed by atoms with Crippen molar-refractivity contribution >= 4 is 6.09 Å². The molecule has 2 aromatic carbocycles. The number of alkyl halides is 3. The van der Waals surface area contributed by atoms with Crippen LogP contribution in [0.25, 0.3) is 11.3 Å². The number of aromatic nitrogens is 2. The Morgan fingerprint density at radius 1 is 1.20 bits per heavy atom. The first-order valence-electron chi connectivity index (χ1n) is 11.2. The Balaban J connectivity index is 1.49. The van der Waals surface area contributed by atoms with Crippen LogP contribution in [0.15, 0.2) is 54.6 Å². The molecule has 1 spiro atoms. The van der Waals surface area contributed by atoms with Gasteiger partial charge in [0.05, 0.1) is 19.8 Å². The second kappa shape index (κ2) is 9.01. The molecular formula is C25H24F3N3O4. The van der Waals surface area contributed by atoms with Gasteiger partial charge in [0.25, 0.3) is 0 Å². The number of carbonyl (C=O) groups is 1. The lowest BCUT2D eigenvalue weighted by atomic mass is 10.1. The number of halogens is 3. The van der Waals surface area contributed by atoms with E-state index in [1.807, 2.05) is 37.3 Å². The number of nitrogens with zero attached hydrogens (tertiary/aromatic N) is 2. The number of H-pyrrole nitrogens is 1. The van der Waals surface area contributed by atoms with E-state index in [2.05, 4.69) is 9.97 Å². The van der Waals surface area contributed by atoms with Crippen molar-refractivity contribution in [2.45, 2.75) is 37.9 Å². The highest BCUT2D eigenvalue weighted by Crippen LogP contribution is 2.44. The second-order valence-electron chi connectivity index (χ2n) is 8.70. The Morgan fingerprint density at radius 2 is 1.94 bits per heavy atom. The molecule has 0 bridgehead atoms. The summed E-state index contributed by atoms with van der Waals surface area (Å²) in [6, 6.07) is 14.9. The maximum absolute atomic E-state index is 13.9. The maximum Gasteiger partial charge on any atom is 0.433 e. The third-order valence-electron chi connectivity index (χ3n) is 6.27. The van der Waals surface area contributed by atoms with Gasteiger partial charge in [0.15, 0.2) is 5.72 Å². The quantitative estimate of drug-likeness (QED) is 0.545. The maximum atomic E-state index is 13.9. The molecule has 7 nitrogen and oxygen atoms in total. The molecule has 184 valence electrons. The predicted octanol–water partition coefficient (Wildman–Crippen LogP) is 5.23. The fourth-order valence-electron chi connectivity index (χ4n) is 4.46. The monoisotopic (exact) mass is 487 g/mol. The van der Waals surface area contributed by atoms with E-state index in [0.717, 1.165) is 11.1 Å². The zero-order chi connectivity index (χ0) is 24.6. The van der Waals surface area contributed by atoms with Crippen LogP contribution in [-0.2, 0) is 27.0 Å². The van der Waals surface area contributed by atoms with E-state index >= 15 is 0 Å². The Kier molecular flexibility index (Phi) is 6.02. The van der Waals surface area contributed by atoms with Crippen LogP contribution >= 0.6 is 0 Å². The first-order valence-corrected chi connectivity index (χ1v) is 11.2. The molecule has 3 aromatic rings. The van der Waals surface area contributed by atoms with Gasteiger partial charge in [-0.15, -0.1) is 0 Å². The molecular weight excluding hydrogens is 463 g/mol. The number of carbonyl (C=O) groups excluding carboxylic acids is 1. The SMILES string of the molecule is Cc1ccc(-c2nc([C@@H]3COC4(CCOC4)N3C(=O)OCc3ccccc3)[nH]c2C(F)(F)F)cc1. The first kappa shape index (κ1) is 23.4. The summed E-state index contributed by atoms with van der Waals surface area (Å²) in [5.74, 6) is -0.0201. The van der Waals surface area contributed by atoms with Gasteiger partial charge in [-0.2, -0.15) is 13.2 Å². The van der Waals surface area contributed by atoms with Gasteiger partial charge >= 0.3 is 12.3 Å². The Morgan fingerprint density at radius 3 is 2.60 bits per heavy atom. The highest BCUT2D eigenvalue weighted by Gasteiger charge is 2.55. The van der Waals surface area contributed by atoms with Crippen LogP contribution < -0.4 is 0 Å². The second-order valence-corrected chi connectivity index (χ2v) is 8.70. The summed E-state index contributed by atoms with van der Waals surface area (Å²) < 4.78 is 58.8. The summed E-state index contributed by atoms with van der Waals surface area (Å²) in [6.45, 7) is 2.28. The van der Waals surface area contributed by atoms with Crippen molar-refractivity contribution in [3.63, 3.8) is 0 Å². The molecule has 2 aliphatic rings. The normalized spacial score (nSPS) is 22.2. The van der Waals surface area contributed by atoms with E-state index < -0.39 is 29.7 Å². The van der Waals surface area contributed by atoms with Gasteiger partial charge < -0.3 is 19.2 Å². The van der Waals surface area contributed by atoms with E-state index in [1.165, 1.54) is 4.90 Å². The number of amides is 1. The standard InChI is InChI=1S/C25H24F3N3O4/c1-16-7-9-18(10-8-16)20-21(25(26,27)28)30-22(29-20)19-14-35-24(11-12-33-15-24)31(19)23(32)34-13-17-5-3-2-4-6-17/h2-10,19H,11-15H2,1H3,(H,29,30)/t19-,24?/m0/s1. The van der Waals surface area contributed by atoms with E-state index in [-0.39, 0.29) is 31.3 Å². The van der Waals surface area contributed by atoms with Crippen LogP contribution in [0.2, 0.25) is 0 Å². The number of benzene rings is 2. The van der Waals surface area contributed by atoms with E-state index in [9.17, 15) is 18.0 Å². The molecule has 1 N–H and O–H groups in total. The molecule has 0 radical (unpaired) electrons. The molecule has 2 saturated heterocycles. The van der Waals surface area contributed by atoms with Crippen molar-refractivity contribution in [2.75, 3.05) is 19.8 Å². The van der Waals surface area contributed by atoms with Crippen molar-refractivity contribution in [2.24, 2.45) is 0 Å².